The average Bonchev–Trinajstić information content (AvgIpc) is 3.30. The number of methoxy groups -OCH3 is 1. The van der Waals surface area contributed by atoms with Crippen LogP contribution in [0.5, 0.6) is 0 Å². The molecule has 192 valence electrons. The van der Waals surface area contributed by atoms with E-state index in [0.717, 1.165) is 18.8 Å². The quantitative estimate of drug-likeness (QED) is 0.284. The lowest BCUT2D eigenvalue weighted by molar-refractivity contribution is 0.0591. The number of carbonyl (C=O) groups is 2. The highest BCUT2D eigenvalue weighted by Crippen LogP contribution is 2.31. The summed E-state index contributed by atoms with van der Waals surface area (Å²) in [6, 6.07) is 13.7. The van der Waals surface area contributed by atoms with Crippen molar-refractivity contribution >= 4 is 52.3 Å². The minimum absolute atomic E-state index is 0.347. The number of hydrogen-bond donors (Lipinski definition) is 2. The first kappa shape index (κ1) is 27.4. The summed E-state index contributed by atoms with van der Waals surface area (Å²) in [6.07, 6.45) is 1.78. The summed E-state index contributed by atoms with van der Waals surface area (Å²) in [6.45, 7) is 10.3. The summed E-state index contributed by atoms with van der Waals surface area (Å²) in [4.78, 5) is 27.5. The minimum Gasteiger partial charge on any atom is -0.464 e. The molecule has 0 bridgehead atoms. The lowest BCUT2D eigenvalue weighted by atomic mass is 10.1. The van der Waals surface area contributed by atoms with Crippen LogP contribution in [0.2, 0.25) is 10.0 Å². The maximum absolute atomic E-state index is 13.0. The number of aromatic nitrogens is 1. The highest BCUT2D eigenvalue weighted by Gasteiger charge is 2.19. The molecule has 0 unspecified atom stereocenters. The smallest absolute Gasteiger partial charge is 0.355 e. The SMILES string of the molecule is COC(=O)c1cccn1-c1ccc(N(CC(C)C)CC(C)C)c(NC(=O)Nc2ccc(Cl)c(Cl)c2)c1. The Morgan fingerprint density at radius 1 is 0.944 bits per heavy atom. The number of nitrogens with one attached hydrogen (secondary N) is 2. The van der Waals surface area contributed by atoms with Crippen LogP contribution in [0.4, 0.5) is 21.9 Å². The molecule has 0 aliphatic carbocycles. The van der Waals surface area contributed by atoms with Crippen LogP contribution in [-0.4, -0.2) is 36.8 Å². The topological polar surface area (TPSA) is 75.6 Å². The number of urea groups is 1. The van der Waals surface area contributed by atoms with Gasteiger partial charge in [0.2, 0.25) is 0 Å². The molecular formula is C27H32Cl2N4O3. The van der Waals surface area contributed by atoms with Crippen molar-refractivity contribution < 1.29 is 14.3 Å². The van der Waals surface area contributed by atoms with Crippen molar-refractivity contribution in [1.29, 1.82) is 0 Å². The van der Waals surface area contributed by atoms with Crippen molar-refractivity contribution in [3.63, 3.8) is 0 Å². The molecule has 0 saturated carbocycles. The highest BCUT2D eigenvalue weighted by molar-refractivity contribution is 6.42. The maximum Gasteiger partial charge on any atom is 0.355 e. The molecule has 2 amide bonds. The van der Waals surface area contributed by atoms with E-state index in [0.29, 0.717) is 44.6 Å². The van der Waals surface area contributed by atoms with E-state index in [1.54, 1.807) is 41.1 Å². The Bertz CT molecular complexity index is 1210. The standard InChI is InChI=1S/C27H32Cl2N4O3/c1-17(2)15-32(16-18(3)4)24-11-9-20(33-12-6-7-25(33)26(34)36-5)14-23(24)31-27(35)30-19-8-10-21(28)22(29)13-19/h6-14,17-18H,15-16H2,1-5H3,(H2,30,31,35). The summed E-state index contributed by atoms with van der Waals surface area (Å²) >= 11 is 12.1. The number of hydrogen-bond acceptors (Lipinski definition) is 4. The molecule has 2 N–H and O–H groups in total. The molecule has 1 aromatic heterocycles. The Labute approximate surface area is 222 Å². The average molecular weight is 531 g/mol. The maximum atomic E-state index is 13.0. The van der Waals surface area contributed by atoms with Crippen LogP contribution in [0.3, 0.4) is 0 Å². The van der Waals surface area contributed by atoms with Gasteiger partial charge in [-0.3, -0.25) is 0 Å². The van der Waals surface area contributed by atoms with Crippen LogP contribution in [0.15, 0.2) is 54.7 Å². The van der Waals surface area contributed by atoms with Crippen LogP contribution < -0.4 is 15.5 Å². The van der Waals surface area contributed by atoms with Gasteiger partial charge in [0, 0.05) is 30.7 Å². The van der Waals surface area contributed by atoms with E-state index in [4.69, 9.17) is 27.9 Å². The zero-order chi connectivity index (χ0) is 26.4. The zero-order valence-electron chi connectivity index (χ0n) is 21.1. The molecule has 0 spiro atoms. The molecule has 0 saturated heterocycles. The van der Waals surface area contributed by atoms with Crippen LogP contribution in [-0.2, 0) is 4.74 Å². The number of amides is 2. The van der Waals surface area contributed by atoms with E-state index in [1.165, 1.54) is 7.11 Å². The van der Waals surface area contributed by atoms with Gasteiger partial charge in [0.1, 0.15) is 5.69 Å². The molecule has 0 aliphatic rings. The van der Waals surface area contributed by atoms with Gasteiger partial charge < -0.3 is 24.8 Å². The van der Waals surface area contributed by atoms with E-state index in [1.807, 2.05) is 18.2 Å². The molecule has 0 radical (unpaired) electrons. The molecule has 3 rings (SSSR count). The number of carbonyl (C=O) groups excluding carboxylic acids is 2. The predicted molar refractivity (Wildman–Crippen MR) is 148 cm³/mol. The van der Waals surface area contributed by atoms with E-state index in [-0.39, 0.29) is 0 Å². The van der Waals surface area contributed by atoms with Gasteiger partial charge >= 0.3 is 12.0 Å². The molecule has 3 aromatic rings. The summed E-state index contributed by atoms with van der Waals surface area (Å²) in [5.41, 5.74) is 3.10. The first-order chi connectivity index (χ1) is 17.1. The van der Waals surface area contributed by atoms with Gasteiger partial charge in [0.15, 0.2) is 0 Å². The third kappa shape index (κ3) is 6.95. The predicted octanol–water partition coefficient (Wildman–Crippen LogP) is 7.33. The van der Waals surface area contributed by atoms with Gasteiger partial charge in [-0.2, -0.15) is 0 Å². The van der Waals surface area contributed by atoms with Gasteiger partial charge in [-0.25, -0.2) is 9.59 Å². The third-order valence-electron chi connectivity index (χ3n) is 5.34. The fourth-order valence-electron chi connectivity index (χ4n) is 3.94. The second-order valence-corrected chi connectivity index (χ2v) is 10.2. The monoisotopic (exact) mass is 530 g/mol. The fraction of sp³-hybridized carbons (Fsp3) is 0.333. The largest absolute Gasteiger partial charge is 0.464 e. The summed E-state index contributed by atoms with van der Waals surface area (Å²) in [5, 5.41) is 6.55. The third-order valence-corrected chi connectivity index (χ3v) is 6.08. The Balaban J connectivity index is 2.01. The van der Waals surface area contributed by atoms with E-state index in [9.17, 15) is 9.59 Å². The molecule has 7 nitrogen and oxygen atoms in total. The van der Waals surface area contributed by atoms with Crippen molar-refractivity contribution in [1.82, 2.24) is 4.57 Å². The number of ether oxygens (including phenoxy) is 1. The molecular weight excluding hydrogens is 499 g/mol. The lowest BCUT2D eigenvalue weighted by Crippen LogP contribution is -2.32. The number of rotatable bonds is 9. The van der Waals surface area contributed by atoms with Crippen LogP contribution in [0, 0.1) is 11.8 Å². The van der Waals surface area contributed by atoms with Gasteiger partial charge in [-0.15, -0.1) is 0 Å². The number of anilines is 3. The summed E-state index contributed by atoms with van der Waals surface area (Å²) < 4.78 is 6.65. The molecule has 0 aliphatic heterocycles. The fourth-order valence-corrected chi connectivity index (χ4v) is 4.24. The Kier molecular flexibility index (Phi) is 9.29. The molecule has 2 aromatic carbocycles. The molecule has 36 heavy (non-hydrogen) atoms. The Morgan fingerprint density at radius 2 is 1.64 bits per heavy atom. The van der Waals surface area contributed by atoms with Gasteiger partial charge in [0.25, 0.3) is 0 Å². The van der Waals surface area contributed by atoms with Crippen molar-refractivity contribution in [2.24, 2.45) is 11.8 Å². The number of halogens is 2. The lowest BCUT2D eigenvalue weighted by Gasteiger charge is -2.31. The first-order valence-corrected chi connectivity index (χ1v) is 12.5. The molecule has 1 heterocycles. The van der Waals surface area contributed by atoms with Crippen molar-refractivity contribution in [2.75, 3.05) is 35.7 Å². The second kappa shape index (κ2) is 12.2. The molecule has 0 fully saturated rings. The zero-order valence-corrected chi connectivity index (χ0v) is 22.7. The number of benzene rings is 2. The van der Waals surface area contributed by atoms with Crippen molar-refractivity contribution in [2.45, 2.75) is 27.7 Å². The van der Waals surface area contributed by atoms with Gasteiger partial charge in [-0.1, -0.05) is 50.9 Å². The first-order valence-electron chi connectivity index (χ1n) is 11.8. The minimum atomic E-state index is -0.447. The van der Waals surface area contributed by atoms with Crippen LogP contribution in [0.25, 0.3) is 5.69 Å². The van der Waals surface area contributed by atoms with Gasteiger partial charge in [-0.05, 0) is 60.4 Å². The normalized spacial score (nSPS) is 11.0. The highest BCUT2D eigenvalue weighted by atomic mass is 35.5. The van der Waals surface area contributed by atoms with Crippen molar-refractivity contribution in [3.8, 4) is 5.69 Å². The Morgan fingerprint density at radius 3 is 2.25 bits per heavy atom. The summed E-state index contributed by atoms with van der Waals surface area (Å²) in [5.74, 6) is 0.380. The molecule has 9 heteroatoms. The summed E-state index contributed by atoms with van der Waals surface area (Å²) in [7, 11) is 1.35. The van der Waals surface area contributed by atoms with Crippen LogP contribution >= 0.6 is 23.2 Å². The van der Waals surface area contributed by atoms with E-state index in [2.05, 4.69) is 43.2 Å². The van der Waals surface area contributed by atoms with Crippen molar-refractivity contribution in [3.05, 3.63) is 70.5 Å². The van der Waals surface area contributed by atoms with Gasteiger partial charge in [0.05, 0.1) is 28.5 Å². The van der Waals surface area contributed by atoms with E-state index >= 15 is 0 Å². The number of nitrogens with zero attached hydrogens (tertiary/aromatic N) is 2. The van der Waals surface area contributed by atoms with Crippen LogP contribution in [0.1, 0.15) is 38.2 Å². The number of esters is 1. The Hall–Kier alpha value is -3.16. The van der Waals surface area contributed by atoms with E-state index < -0.39 is 12.0 Å². The second-order valence-electron chi connectivity index (χ2n) is 9.36. The molecule has 0 atom stereocenters.